The fourth-order valence-electron chi connectivity index (χ4n) is 2.49. The molecule has 1 aliphatic carbocycles. The fraction of sp³-hybridized carbons (Fsp3) is 0.900. The van der Waals surface area contributed by atoms with Crippen LogP contribution in [0.25, 0.3) is 0 Å². The first-order valence-corrected chi connectivity index (χ1v) is 4.89. The molecule has 0 aromatic carbocycles. The average Bonchev–Trinajstić information content (AvgIpc) is 2.28. The molecule has 2 rings (SSSR count). The Morgan fingerprint density at radius 1 is 1.33 bits per heavy atom. The summed E-state index contributed by atoms with van der Waals surface area (Å²) in [5.74, 6) is 1.44. The van der Waals surface area contributed by atoms with E-state index in [1.165, 1.54) is 12.8 Å². The number of hydrogen-bond acceptors (Lipinski definition) is 2. The van der Waals surface area contributed by atoms with Crippen LogP contribution in [-0.2, 0) is 9.53 Å². The SMILES string of the molecule is CC1CC[C@H]2[C@H](C1)OC(=O)[C@@H]2C. The second kappa shape index (κ2) is 2.75. The molecule has 1 aliphatic heterocycles. The molecule has 0 bridgehead atoms. The average molecular weight is 168 g/mol. The molecule has 68 valence electrons. The summed E-state index contributed by atoms with van der Waals surface area (Å²) < 4.78 is 5.31. The van der Waals surface area contributed by atoms with Crippen molar-refractivity contribution in [3.05, 3.63) is 0 Å². The van der Waals surface area contributed by atoms with E-state index in [0.717, 1.165) is 12.3 Å². The highest BCUT2D eigenvalue weighted by atomic mass is 16.6. The van der Waals surface area contributed by atoms with Gasteiger partial charge in [0.05, 0.1) is 5.92 Å². The van der Waals surface area contributed by atoms with E-state index in [-0.39, 0.29) is 18.0 Å². The Kier molecular flexibility index (Phi) is 1.85. The van der Waals surface area contributed by atoms with Crippen molar-refractivity contribution in [3.8, 4) is 0 Å². The van der Waals surface area contributed by atoms with Crippen LogP contribution in [0.15, 0.2) is 0 Å². The third kappa shape index (κ3) is 1.13. The van der Waals surface area contributed by atoms with Crippen molar-refractivity contribution in [1.29, 1.82) is 0 Å². The smallest absolute Gasteiger partial charge is 0.309 e. The molecule has 1 unspecified atom stereocenters. The van der Waals surface area contributed by atoms with E-state index >= 15 is 0 Å². The first kappa shape index (κ1) is 8.09. The van der Waals surface area contributed by atoms with E-state index in [1.807, 2.05) is 6.92 Å². The molecule has 2 aliphatic rings. The molecular weight excluding hydrogens is 152 g/mol. The molecule has 0 aromatic heterocycles. The summed E-state index contributed by atoms with van der Waals surface area (Å²) in [6.45, 7) is 4.25. The lowest BCUT2D eigenvalue weighted by Crippen LogP contribution is -2.27. The fourth-order valence-corrected chi connectivity index (χ4v) is 2.49. The zero-order chi connectivity index (χ0) is 8.72. The summed E-state index contributed by atoms with van der Waals surface area (Å²) in [4.78, 5) is 11.2. The molecule has 1 heterocycles. The Morgan fingerprint density at radius 2 is 2.08 bits per heavy atom. The molecule has 0 radical (unpaired) electrons. The van der Waals surface area contributed by atoms with Gasteiger partial charge >= 0.3 is 5.97 Å². The molecule has 1 saturated heterocycles. The van der Waals surface area contributed by atoms with Crippen LogP contribution in [0.1, 0.15) is 33.1 Å². The van der Waals surface area contributed by atoms with Gasteiger partial charge in [0.15, 0.2) is 0 Å². The molecule has 1 saturated carbocycles. The highest BCUT2D eigenvalue weighted by Crippen LogP contribution is 2.40. The summed E-state index contributed by atoms with van der Waals surface area (Å²) in [6, 6.07) is 0. The van der Waals surface area contributed by atoms with Crippen molar-refractivity contribution in [2.45, 2.75) is 39.2 Å². The molecule has 0 N–H and O–H groups in total. The van der Waals surface area contributed by atoms with Crippen LogP contribution in [0.2, 0.25) is 0 Å². The number of carbonyl (C=O) groups is 1. The maximum Gasteiger partial charge on any atom is 0.309 e. The largest absolute Gasteiger partial charge is 0.462 e. The second-order valence-corrected chi connectivity index (χ2v) is 4.35. The van der Waals surface area contributed by atoms with E-state index in [9.17, 15) is 4.79 Å². The van der Waals surface area contributed by atoms with Crippen molar-refractivity contribution < 1.29 is 9.53 Å². The highest BCUT2D eigenvalue weighted by Gasteiger charge is 2.43. The van der Waals surface area contributed by atoms with Gasteiger partial charge in [-0.05, 0) is 18.8 Å². The Bertz CT molecular complexity index is 200. The molecule has 0 spiro atoms. The quantitative estimate of drug-likeness (QED) is 0.517. The van der Waals surface area contributed by atoms with Gasteiger partial charge in [0.1, 0.15) is 6.10 Å². The molecule has 2 heteroatoms. The van der Waals surface area contributed by atoms with Gasteiger partial charge in [0.2, 0.25) is 0 Å². The Hall–Kier alpha value is -0.530. The molecule has 0 aromatic rings. The van der Waals surface area contributed by atoms with Gasteiger partial charge in [-0.3, -0.25) is 4.79 Å². The summed E-state index contributed by atoms with van der Waals surface area (Å²) in [5, 5.41) is 0. The second-order valence-electron chi connectivity index (χ2n) is 4.35. The van der Waals surface area contributed by atoms with Gasteiger partial charge in [0, 0.05) is 5.92 Å². The predicted molar refractivity (Wildman–Crippen MR) is 45.5 cm³/mol. The number of rotatable bonds is 0. The van der Waals surface area contributed by atoms with Crippen molar-refractivity contribution in [2.24, 2.45) is 17.8 Å². The lowest BCUT2D eigenvalue weighted by atomic mass is 9.77. The molecule has 4 atom stereocenters. The summed E-state index contributed by atoms with van der Waals surface area (Å²) in [5.41, 5.74) is 0. The van der Waals surface area contributed by atoms with E-state index in [1.54, 1.807) is 0 Å². The predicted octanol–water partition coefficient (Wildman–Crippen LogP) is 1.98. The topological polar surface area (TPSA) is 26.3 Å². The summed E-state index contributed by atoms with van der Waals surface area (Å²) in [7, 11) is 0. The normalized spacial score (nSPS) is 47.0. The van der Waals surface area contributed by atoms with Crippen LogP contribution in [-0.4, -0.2) is 12.1 Å². The summed E-state index contributed by atoms with van der Waals surface area (Å²) >= 11 is 0. The van der Waals surface area contributed by atoms with Gasteiger partial charge in [0.25, 0.3) is 0 Å². The third-order valence-electron chi connectivity index (χ3n) is 3.39. The standard InChI is InChI=1S/C10H16O2/c1-6-3-4-8-7(2)10(11)12-9(8)5-6/h6-9H,3-5H2,1-2H3/t6?,7-,8-,9+/m1/s1. The van der Waals surface area contributed by atoms with Gasteiger partial charge in [-0.1, -0.05) is 20.3 Å². The number of esters is 1. The monoisotopic (exact) mass is 168 g/mol. The minimum atomic E-state index is 0.0269. The summed E-state index contributed by atoms with van der Waals surface area (Å²) in [6.07, 6.45) is 3.78. The van der Waals surface area contributed by atoms with Crippen molar-refractivity contribution in [3.63, 3.8) is 0 Å². The van der Waals surface area contributed by atoms with E-state index in [4.69, 9.17) is 4.74 Å². The van der Waals surface area contributed by atoms with Gasteiger partial charge in [-0.15, -0.1) is 0 Å². The number of carbonyl (C=O) groups excluding carboxylic acids is 1. The minimum absolute atomic E-state index is 0.0269. The molecular formula is C10H16O2. The molecule has 2 fully saturated rings. The maximum atomic E-state index is 11.2. The maximum absolute atomic E-state index is 11.2. The first-order chi connectivity index (χ1) is 5.68. The van der Waals surface area contributed by atoms with E-state index in [0.29, 0.717) is 5.92 Å². The minimum Gasteiger partial charge on any atom is -0.462 e. The zero-order valence-corrected chi connectivity index (χ0v) is 7.75. The zero-order valence-electron chi connectivity index (χ0n) is 7.75. The van der Waals surface area contributed by atoms with Gasteiger partial charge < -0.3 is 4.74 Å². The number of hydrogen-bond donors (Lipinski definition) is 0. The molecule has 12 heavy (non-hydrogen) atoms. The highest BCUT2D eigenvalue weighted by molar-refractivity contribution is 5.74. The number of ether oxygens (including phenoxy) is 1. The van der Waals surface area contributed by atoms with Crippen molar-refractivity contribution >= 4 is 5.97 Å². The third-order valence-corrected chi connectivity index (χ3v) is 3.39. The van der Waals surface area contributed by atoms with Crippen LogP contribution < -0.4 is 0 Å². The molecule has 2 nitrogen and oxygen atoms in total. The lowest BCUT2D eigenvalue weighted by molar-refractivity contribution is -0.144. The Morgan fingerprint density at radius 3 is 2.83 bits per heavy atom. The van der Waals surface area contributed by atoms with Crippen molar-refractivity contribution in [2.75, 3.05) is 0 Å². The number of fused-ring (bicyclic) bond motifs is 1. The molecule has 0 amide bonds. The van der Waals surface area contributed by atoms with Crippen LogP contribution in [0.4, 0.5) is 0 Å². The van der Waals surface area contributed by atoms with Crippen LogP contribution in [0, 0.1) is 17.8 Å². The Balaban J connectivity index is 2.09. The lowest BCUT2D eigenvalue weighted by Gasteiger charge is -2.28. The van der Waals surface area contributed by atoms with E-state index in [2.05, 4.69) is 6.92 Å². The van der Waals surface area contributed by atoms with Gasteiger partial charge in [-0.2, -0.15) is 0 Å². The van der Waals surface area contributed by atoms with Gasteiger partial charge in [-0.25, -0.2) is 0 Å². The first-order valence-electron chi connectivity index (χ1n) is 4.89. The Labute approximate surface area is 73.3 Å². The van der Waals surface area contributed by atoms with Crippen molar-refractivity contribution in [1.82, 2.24) is 0 Å². The van der Waals surface area contributed by atoms with Crippen LogP contribution in [0.3, 0.4) is 0 Å². The van der Waals surface area contributed by atoms with Crippen LogP contribution in [0.5, 0.6) is 0 Å². The van der Waals surface area contributed by atoms with E-state index < -0.39 is 0 Å². The van der Waals surface area contributed by atoms with Crippen LogP contribution >= 0.6 is 0 Å².